The molecule has 0 fully saturated rings. The van der Waals surface area contributed by atoms with Gasteiger partial charge in [-0.15, -0.1) is 0 Å². The third-order valence-electron chi connectivity index (χ3n) is 4.92. The van der Waals surface area contributed by atoms with Gasteiger partial charge in [0.15, 0.2) is 0 Å². The van der Waals surface area contributed by atoms with Crippen LogP contribution in [0.25, 0.3) is 0 Å². The Hall–Kier alpha value is -3.26. The predicted octanol–water partition coefficient (Wildman–Crippen LogP) is -1.63. The zero-order valence-corrected chi connectivity index (χ0v) is 20.0. The van der Waals surface area contributed by atoms with Gasteiger partial charge in [-0.2, -0.15) is 0 Å². The van der Waals surface area contributed by atoms with Crippen molar-refractivity contribution in [2.24, 2.45) is 17.4 Å². The van der Waals surface area contributed by atoms with Crippen molar-refractivity contribution in [3.8, 4) is 0 Å². The van der Waals surface area contributed by atoms with Crippen LogP contribution in [0.4, 0.5) is 0 Å². The van der Waals surface area contributed by atoms with Crippen molar-refractivity contribution in [2.45, 2.75) is 83.0 Å². The lowest BCUT2D eigenvalue weighted by atomic mass is 10.0. The van der Waals surface area contributed by atoms with Crippen molar-refractivity contribution in [1.29, 1.82) is 0 Å². The SMILES string of the molecule is CC(C)CC(NC(=O)C(N)CCC(=O)O)C(=O)NC(CCCCN)C(=O)NC(CC(=O)O)C(=O)O. The highest BCUT2D eigenvalue weighted by Gasteiger charge is 2.31. The molecule has 0 rings (SSSR count). The van der Waals surface area contributed by atoms with Crippen LogP contribution in [0.3, 0.4) is 0 Å². The van der Waals surface area contributed by atoms with Crippen molar-refractivity contribution in [3.63, 3.8) is 0 Å². The van der Waals surface area contributed by atoms with Crippen LogP contribution < -0.4 is 27.4 Å². The van der Waals surface area contributed by atoms with Gasteiger partial charge in [-0.05, 0) is 44.6 Å². The van der Waals surface area contributed by atoms with Gasteiger partial charge in [-0.3, -0.25) is 24.0 Å². The van der Waals surface area contributed by atoms with Crippen molar-refractivity contribution in [2.75, 3.05) is 6.54 Å². The van der Waals surface area contributed by atoms with E-state index in [1.54, 1.807) is 13.8 Å². The van der Waals surface area contributed by atoms with Crippen LogP contribution in [0.2, 0.25) is 0 Å². The molecule has 0 aromatic carbocycles. The molecule has 14 nitrogen and oxygen atoms in total. The molecule has 0 heterocycles. The van der Waals surface area contributed by atoms with Gasteiger partial charge in [0.1, 0.15) is 18.1 Å². The predicted molar refractivity (Wildman–Crippen MR) is 123 cm³/mol. The number of unbranched alkanes of at least 4 members (excludes halogenated alkanes) is 1. The minimum absolute atomic E-state index is 0.0576. The molecule has 0 aliphatic heterocycles. The summed E-state index contributed by atoms with van der Waals surface area (Å²) >= 11 is 0. The van der Waals surface area contributed by atoms with Crippen LogP contribution in [0.5, 0.6) is 0 Å². The van der Waals surface area contributed by atoms with Gasteiger partial charge in [0.25, 0.3) is 0 Å². The number of carboxylic acids is 3. The van der Waals surface area contributed by atoms with Gasteiger partial charge in [0.2, 0.25) is 17.7 Å². The molecular weight excluding hydrogens is 466 g/mol. The molecule has 0 saturated carbocycles. The molecule has 14 heteroatoms. The third kappa shape index (κ3) is 13.9. The number of carbonyl (C=O) groups excluding carboxylic acids is 3. The van der Waals surface area contributed by atoms with E-state index in [0.29, 0.717) is 19.4 Å². The molecule has 200 valence electrons. The second kappa shape index (κ2) is 16.4. The van der Waals surface area contributed by atoms with Gasteiger partial charge >= 0.3 is 17.9 Å². The summed E-state index contributed by atoms with van der Waals surface area (Å²) in [5, 5.41) is 33.9. The Morgan fingerprint density at radius 3 is 1.77 bits per heavy atom. The fourth-order valence-electron chi connectivity index (χ4n) is 3.07. The standard InChI is InChI=1S/C21H37N5O9/c1-11(2)9-14(25-18(31)12(23)6-7-16(27)28)20(33)24-13(5-3-4-8-22)19(32)26-15(21(34)35)10-17(29)30/h11-15H,3-10,22-23H2,1-2H3,(H,24,33)(H,25,31)(H,26,32)(H,27,28)(H,29,30)(H,34,35). The Morgan fingerprint density at radius 2 is 1.29 bits per heavy atom. The second-order valence-corrected chi connectivity index (χ2v) is 8.57. The van der Waals surface area contributed by atoms with Gasteiger partial charge in [-0.1, -0.05) is 13.8 Å². The van der Waals surface area contributed by atoms with E-state index in [1.165, 1.54) is 0 Å². The van der Waals surface area contributed by atoms with Crippen molar-refractivity contribution < 1.29 is 44.1 Å². The van der Waals surface area contributed by atoms with E-state index in [1.807, 2.05) is 0 Å². The van der Waals surface area contributed by atoms with E-state index in [2.05, 4.69) is 16.0 Å². The highest BCUT2D eigenvalue weighted by molar-refractivity contribution is 5.94. The molecule has 3 amide bonds. The number of hydrogen-bond donors (Lipinski definition) is 8. The van der Waals surface area contributed by atoms with Gasteiger partial charge in [0, 0.05) is 6.42 Å². The molecule has 0 spiro atoms. The summed E-state index contributed by atoms with van der Waals surface area (Å²) in [6, 6.07) is -5.17. The first kappa shape index (κ1) is 31.7. The topological polar surface area (TPSA) is 251 Å². The summed E-state index contributed by atoms with van der Waals surface area (Å²) in [5.74, 6) is -6.51. The molecule has 0 radical (unpaired) electrons. The third-order valence-corrected chi connectivity index (χ3v) is 4.92. The summed E-state index contributed by atoms with van der Waals surface area (Å²) < 4.78 is 0. The number of hydrogen-bond acceptors (Lipinski definition) is 8. The van der Waals surface area contributed by atoms with Crippen LogP contribution in [-0.4, -0.2) is 81.7 Å². The average Bonchev–Trinajstić information content (AvgIpc) is 2.74. The average molecular weight is 504 g/mol. The van der Waals surface area contributed by atoms with Gasteiger partial charge in [0.05, 0.1) is 12.5 Å². The smallest absolute Gasteiger partial charge is 0.326 e. The molecular formula is C21H37N5O9. The van der Waals surface area contributed by atoms with E-state index in [0.717, 1.165) is 0 Å². The lowest BCUT2D eigenvalue weighted by molar-refractivity contribution is -0.147. The molecule has 4 atom stereocenters. The summed E-state index contributed by atoms with van der Waals surface area (Å²) in [6.45, 7) is 3.91. The highest BCUT2D eigenvalue weighted by atomic mass is 16.4. The van der Waals surface area contributed by atoms with Crippen LogP contribution in [0, 0.1) is 5.92 Å². The number of nitrogens with two attached hydrogens (primary N) is 2. The maximum atomic E-state index is 13.0. The first-order chi connectivity index (χ1) is 16.3. The fraction of sp³-hybridized carbons (Fsp3) is 0.714. The maximum Gasteiger partial charge on any atom is 0.326 e. The molecule has 0 bridgehead atoms. The molecule has 4 unspecified atom stereocenters. The van der Waals surface area contributed by atoms with E-state index in [4.69, 9.17) is 21.7 Å². The highest BCUT2D eigenvalue weighted by Crippen LogP contribution is 2.09. The van der Waals surface area contributed by atoms with Crippen molar-refractivity contribution >= 4 is 35.6 Å². The van der Waals surface area contributed by atoms with Gasteiger partial charge < -0.3 is 42.7 Å². The first-order valence-electron chi connectivity index (χ1n) is 11.3. The summed E-state index contributed by atoms with van der Waals surface area (Å²) in [6.07, 6.45) is -0.132. The summed E-state index contributed by atoms with van der Waals surface area (Å²) in [4.78, 5) is 71.0. The Kier molecular flexibility index (Phi) is 14.9. The van der Waals surface area contributed by atoms with Crippen molar-refractivity contribution in [3.05, 3.63) is 0 Å². The van der Waals surface area contributed by atoms with Crippen LogP contribution in [-0.2, 0) is 28.8 Å². The normalized spacial score (nSPS) is 14.3. The van der Waals surface area contributed by atoms with Crippen LogP contribution in [0.15, 0.2) is 0 Å². The number of carboxylic acid groups (broad SMARTS) is 3. The molecule has 0 aromatic heterocycles. The Morgan fingerprint density at radius 1 is 0.743 bits per heavy atom. The lowest BCUT2D eigenvalue weighted by Crippen LogP contribution is -2.57. The quantitative estimate of drug-likeness (QED) is 0.0985. The van der Waals surface area contributed by atoms with E-state index in [-0.39, 0.29) is 31.6 Å². The maximum absolute atomic E-state index is 13.0. The molecule has 0 aliphatic rings. The fourth-order valence-corrected chi connectivity index (χ4v) is 3.07. The van der Waals surface area contributed by atoms with Gasteiger partial charge in [-0.25, -0.2) is 4.79 Å². The second-order valence-electron chi connectivity index (χ2n) is 8.57. The van der Waals surface area contributed by atoms with E-state index >= 15 is 0 Å². The number of nitrogens with one attached hydrogen (secondary N) is 3. The number of amides is 3. The summed E-state index contributed by atoms with van der Waals surface area (Å²) in [7, 11) is 0. The zero-order chi connectivity index (χ0) is 27.1. The molecule has 10 N–H and O–H groups in total. The molecule has 0 aliphatic carbocycles. The number of aliphatic carboxylic acids is 3. The minimum atomic E-state index is -1.70. The summed E-state index contributed by atoms with van der Waals surface area (Å²) in [5.41, 5.74) is 11.2. The lowest BCUT2D eigenvalue weighted by Gasteiger charge is -2.26. The monoisotopic (exact) mass is 503 g/mol. The van der Waals surface area contributed by atoms with Crippen LogP contribution >= 0.6 is 0 Å². The number of rotatable bonds is 18. The largest absolute Gasteiger partial charge is 0.481 e. The molecule has 0 aromatic rings. The number of carbonyl (C=O) groups is 6. The zero-order valence-electron chi connectivity index (χ0n) is 20.0. The molecule has 35 heavy (non-hydrogen) atoms. The minimum Gasteiger partial charge on any atom is -0.481 e. The Balaban J connectivity index is 5.51. The molecule has 0 saturated heterocycles. The Labute approximate surface area is 203 Å². The first-order valence-corrected chi connectivity index (χ1v) is 11.3. The van der Waals surface area contributed by atoms with E-state index < -0.39 is 66.2 Å². The van der Waals surface area contributed by atoms with Crippen LogP contribution in [0.1, 0.15) is 58.8 Å². The van der Waals surface area contributed by atoms with E-state index in [9.17, 15) is 33.9 Å². The Bertz CT molecular complexity index is 759. The van der Waals surface area contributed by atoms with Crippen molar-refractivity contribution in [1.82, 2.24) is 16.0 Å².